The van der Waals surface area contributed by atoms with Gasteiger partial charge in [-0.2, -0.15) is 13.2 Å². The average Bonchev–Trinajstić information content (AvgIpc) is 2.90. The van der Waals surface area contributed by atoms with Gasteiger partial charge in [0.2, 0.25) is 0 Å². The standard InChI is InChI=1S/C29H32F3N3O2/c1-20-33-26-18-34(19-37-24-14-12-23(13-15-24)29(30,31)32)17-16-25(26)28(36)35(20)27(21-8-4-2-5-9-21)22-10-6-3-7-11-22/h2-11,23-24,27H,12-19H2,1H3. The van der Waals surface area contributed by atoms with Gasteiger partial charge in [-0.3, -0.25) is 14.3 Å². The molecule has 0 saturated heterocycles. The van der Waals surface area contributed by atoms with Crippen molar-refractivity contribution >= 4 is 0 Å². The van der Waals surface area contributed by atoms with Gasteiger partial charge in [0.05, 0.1) is 30.5 Å². The molecule has 0 atom stereocenters. The summed E-state index contributed by atoms with van der Waals surface area (Å²) in [6.07, 6.45) is -2.60. The first-order valence-corrected chi connectivity index (χ1v) is 12.9. The van der Waals surface area contributed by atoms with E-state index in [4.69, 9.17) is 9.72 Å². The van der Waals surface area contributed by atoms with Crippen molar-refractivity contribution in [1.82, 2.24) is 14.5 Å². The first-order chi connectivity index (χ1) is 17.8. The van der Waals surface area contributed by atoms with Crippen LogP contribution in [0.1, 0.15) is 59.9 Å². The molecule has 1 aromatic heterocycles. The SMILES string of the molecule is Cc1nc2c(c(=O)n1C(c1ccccc1)c1ccccc1)CCN(COC1CCC(C(F)(F)F)CC1)C2. The number of fused-ring (bicyclic) bond motifs is 1. The van der Waals surface area contributed by atoms with Gasteiger partial charge in [-0.25, -0.2) is 4.98 Å². The van der Waals surface area contributed by atoms with Crippen LogP contribution in [0.15, 0.2) is 65.5 Å². The third kappa shape index (κ3) is 5.65. The van der Waals surface area contributed by atoms with Crippen LogP contribution in [-0.2, 0) is 17.7 Å². The van der Waals surface area contributed by atoms with E-state index in [1.807, 2.05) is 67.6 Å². The van der Waals surface area contributed by atoms with Crippen molar-refractivity contribution in [2.45, 2.75) is 63.9 Å². The van der Waals surface area contributed by atoms with E-state index in [1.165, 1.54) is 0 Å². The molecule has 1 fully saturated rings. The number of halogens is 3. The molecule has 0 unspecified atom stereocenters. The molecule has 2 aliphatic rings. The number of rotatable bonds is 6. The van der Waals surface area contributed by atoms with E-state index < -0.39 is 12.1 Å². The molecule has 0 radical (unpaired) electrons. The molecule has 5 nitrogen and oxygen atoms in total. The Hall–Kier alpha value is -2.97. The molecule has 1 saturated carbocycles. The molecule has 3 aromatic rings. The first-order valence-electron chi connectivity index (χ1n) is 12.9. The Morgan fingerprint density at radius 3 is 2.14 bits per heavy atom. The van der Waals surface area contributed by atoms with Crippen LogP contribution in [0, 0.1) is 12.8 Å². The van der Waals surface area contributed by atoms with E-state index >= 15 is 0 Å². The smallest absolute Gasteiger partial charge is 0.363 e. The lowest BCUT2D eigenvalue weighted by Gasteiger charge is -2.33. The lowest BCUT2D eigenvalue weighted by atomic mass is 9.87. The van der Waals surface area contributed by atoms with Crippen molar-refractivity contribution in [2.24, 2.45) is 5.92 Å². The maximum Gasteiger partial charge on any atom is 0.391 e. The Balaban J connectivity index is 1.32. The zero-order valence-electron chi connectivity index (χ0n) is 21.0. The fourth-order valence-electron chi connectivity index (χ4n) is 5.62. The van der Waals surface area contributed by atoms with E-state index in [0.29, 0.717) is 44.9 Å². The second kappa shape index (κ2) is 10.8. The number of aryl methyl sites for hydroxylation is 1. The van der Waals surface area contributed by atoms with Crippen LogP contribution in [0.2, 0.25) is 0 Å². The summed E-state index contributed by atoms with van der Waals surface area (Å²) in [6.45, 7) is 3.34. The van der Waals surface area contributed by atoms with Gasteiger partial charge in [-0.05, 0) is 50.2 Å². The van der Waals surface area contributed by atoms with Crippen LogP contribution in [0.4, 0.5) is 13.2 Å². The Bertz CT molecular complexity index is 1210. The van der Waals surface area contributed by atoms with Crippen molar-refractivity contribution in [3.8, 4) is 0 Å². The quantitative estimate of drug-likeness (QED) is 0.430. The van der Waals surface area contributed by atoms with E-state index in [1.54, 1.807) is 4.57 Å². The highest BCUT2D eigenvalue weighted by Gasteiger charge is 2.41. The topological polar surface area (TPSA) is 47.4 Å². The number of nitrogens with zero attached hydrogens (tertiary/aromatic N) is 3. The van der Waals surface area contributed by atoms with Crippen LogP contribution in [0.25, 0.3) is 0 Å². The highest BCUT2D eigenvalue weighted by Crippen LogP contribution is 2.38. The Labute approximate surface area is 214 Å². The zero-order valence-corrected chi connectivity index (χ0v) is 21.0. The monoisotopic (exact) mass is 511 g/mol. The van der Waals surface area contributed by atoms with Crippen molar-refractivity contribution in [3.63, 3.8) is 0 Å². The van der Waals surface area contributed by atoms with E-state index in [2.05, 4.69) is 4.90 Å². The Morgan fingerprint density at radius 1 is 0.973 bits per heavy atom. The predicted molar refractivity (Wildman–Crippen MR) is 135 cm³/mol. The number of benzene rings is 2. The minimum Gasteiger partial charge on any atom is -0.363 e. The molecule has 1 aliphatic carbocycles. The molecule has 0 amide bonds. The maximum atomic E-state index is 13.8. The van der Waals surface area contributed by atoms with Crippen LogP contribution in [-0.4, -0.2) is 40.0 Å². The molecule has 196 valence electrons. The molecular formula is C29H32F3N3O2. The number of hydrogen-bond acceptors (Lipinski definition) is 4. The van der Waals surface area contributed by atoms with Crippen LogP contribution >= 0.6 is 0 Å². The largest absolute Gasteiger partial charge is 0.391 e. The normalized spacial score (nSPS) is 20.7. The summed E-state index contributed by atoms with van der Waals surface area (Å²) in [5.41, 5.74) is 3.50. The third-order valence-corrected chi connectivity index (χ3v) is 7.64. The molecule has 37 heavy (non-hydrogen) atoms. The van der Waals surface area contributed by atoms with Crippen molar-refractivity contribution in [3.05, 3.63) is 99.2 Å². The van der Waals surface area contributed by atoms with Gasteiger partial charge in [0.15, 0.2) is 0 Å². The van der Waals surface area contributed by atoms with Gasteiger partial charge >= 0.3 is 6.18 Å². The van der Waals surface area contributed by atoms with Gasteiger partial charge in [0, 0.05) is 18.7 Å². The van der Waals surface area contributed by atoms with Crippen molar-refractivity contribution < 1.29 is 17.9 Å². The molecule has 0 bridgehead atoms. The van der Waals surface area contributed by atoms with E-state index in [0.717, 1.165) is 22.4 Å². The molecule has 0 spiro atoms. The molecule has 5 rings (SSSR count). The second-order valence-electron chi connectivity index (χ2n) is 10.1. The van der Waals surface area contributed by atoms with Gasteiger partial charge in [-0.15, -0.1) is 0 Å². The van der Waals surface area contributed by atoms with E-state index in [-0.39, 0.29) is 30.5 Å². The summed E-state index contributed by atoms with van der Waals surface area (Å²) in [5.74, 6) is -0.561. The second-order valence-corrected chi connectivity index (χ2v) is 10.1. The van der Waals surface area contributed by atoms with Gasteiger partial charge in [-0.1, -0.05) is 60.7 Å². The zero-order chi connectivity index (χ0) is 26.0. The van der Waals surface area contributed by atoms with Gasteiger partial charge < -0.3 is 4.74 Å². The van der Waals surface area contributed by atoms with E-state index in [9.17, 15) is 18.0 Å². The van der Waals surface area contributed by atoms with Crippen LogP contribution in [0.3, 0.4) is 0 Å². The number of ether oxygens (including phenoxy) is 1. The number of aromatic nitrogens is 2. The molecule has 2 heterocycles. The molecule has 0 N–H and O–H groups in total. The lowest BCUT2D eigenvalue weighted by molar-refractivity contribution is -0.189. The third-order valence-electron chi connectivity index (χ3n) is 7.64. The van der Waals surface area contributed by atoms with Gasteiger partial charge in [0.1, 0.15) is 5.82 Å². The lowest BCUT2D eigenvalue weighted by Crippen LogP contribution is -2.41. The fourth-order valence-corrected chi connectivity index (χ4v) is 5.62. The minimum absolute atomic E-state index is 0.0220. The summed E-state index contributed by atoms with van der Waals surface area (Å²) in [6, 6.07) is 19.7. The molecule has 1 aliphatic heterocycles. The predicted octanol–water partition coefficient (Wildman–Crippen LogP) is 5.64. The maximum absolute atomic E-state index is 13.8. The number of alkyl halides is 3. The molecule has 8 heteroatoms. The number of hydrogen-bond donors (Lipinski definition) is 0. The van der Waals surface area contributed by atoms with Crippen molar-refractivity contribution in [1.29, 1.82) is 0 Å². The first kappa shape index (κ1) is 25.7. The Kier molecular flexibility index (Phi) is 7.49. The van der Waals surface area contributed by atoms with Crippen molar-refractivity contribution in [2.75, 3.05) is 13.3 Å². The summed E-state index contributed by atoms with van der Waals surface area (Å²) in [5, 5.41) is 0. The summed E-state index contributed by atoms with van der Waals surface area (Å²) in [4.78, 5) is 20.8. The minimum atomic E-state index is -4.11. The highest BCUT2D eigenvalue weighted by molar-refractivity contribution is 5.34. The highest BCUT2D eigenvalue weighted by atomic mass is 19.4. The fraction of sp³-hybridized carbons (Fsp3) is 0.448. The van der Waals surface area contributed by atoms with Gasteiger partial charge in [0.25, 0.3) is 5.56 Å². The Morgan fingerprint density at radius 2 is 1.57 bits per heavy atom. The molecular weight excluding hydrogens is 479 g/mol. The summed E-state index contributed by atoms with van der Waals surface area (Å²) in [7, 11) is 0. The van der Waals surface area contributed by atoms with Crippen LogP contribution in [0.5, 0.6) is 0 Å². The van der Waals surface area contributed by atoms with Crippen LogP contribution < -0.4 is 5.56 Å². The molecule has 2 aromatic carbocycles. The summed E-state index contributed by atoms with van der Waals surface area (Å²) >= 11 is 0. The average molecular weight is 512 g/mol. The summed E-state index contributed by atoms with van der Waals surface area (Å²) < 4.78 is 46.6.